The predicted octanol–water partition coefficient (Wildman–Crippen LogP) is 3.65. The third-order valence-electron chi connectivity index (χ3n) is 3.94. The van der Waals surface area contributed by atoms with E-state index in [9.17, 15) is 8.78 Å². The Balaban J connectivity index is 1.99. The van der Waals surface area contributed by atoms with E-state index in [0.29, 0.717) is 12.8 Å². The van der Waals surface area contributed by atoms with Gasteiger partial charge in [0.1, 0.15) is 0 Å². The van der Waals surface area contributed by atoms with Gasteiger partial charge < -0.3 is 0 Å². The Morgan fingerprint density at radius 3 is 2.53 bits per heavy atom. The van der Waals surface area contributed by atoms with Crippen molar-refractivity contribution in [1.29, 1.82) is 0 Å². The normalized spacial score (nSPS) is 21.3. The van der Waals surface area contributed by atoms with Crippen molar-refractivity contribution in [3.8, 4) is 0 Å². The lowest BCUT2D eigenvalue weighted by Gasteiger charge is -2.33. The van der Waals surface area contributed by atoms with Crippen molar-refractivity contribution in [3.63, 3.8) is 0 Å². The summed E-state index contributed by atoms with van der Waals surface area (Å²) in [6, 6.07) is 8.00. The summed E-state index contributed by atoms with van der Waals surface area (Å²) < 4.78 is 27.4. The number of rotatable bonds is 4. The zero-order valence-electron chi connectivity index (χ0n) is 10.7. The molecule has 5 heteroatoms. The minimum absolute atomic E-state index is 0.0220. The lowest BCUT2D eigenvalue weighted by molar-refractivity contribution is -0.0495. The molecule has 0 spiro atoms. The highest BCUT2D eigenvalue weighted by Gasteiger charge is 2.37. The van der Waals surface area contributed by atoms with Gasteiger partial charge >= 0.3 is 0 Å². The molecule has 2 nitrogen and oxygen atoms in total. The summed E-state index contributed by atoms with van der Waals surface area (Å²) in [5, 5.41) is 0. The second-order valence-electron chi connectivity index (χ2n) is 5.26. The summed E-state index contributed by atoms with van der Waals surface area (Å²) in [6.07, 6.45) is 1.78. The number of benzene rings is 1. The van der Waals surface area contributed by atoms with E-state index in [-0.39, 0.29) is 24.8 Å². The Labute approximate surface area is 120 Å². The molecule has 1 aliphatic rings. The molecule has 1 aromatic rings. The minimum atomic E-state index is -2.48. The number of nitrogens with one attached hydrogen (secondary N) is 1. The molecule has 1 unspecified atom stereocenters. The molecule has 2 rings (SSSR count). The molecule has 0 amide bonds. The molecule has 0 bridgehead atoms. The highest BCUT2D eigenvalue weighted by atomic mass is 79.9. The Hall–Kier alpha value is -0.520. The van der Waals surface area contributed by atoms with Crippen LogP contribution in [0.3, 0.4) is 0 Å². The lowest BCUT2D eigenvalue weighted by atomic mass is 9.80. The van der Waals surface area contributed by atoms with E-state index in [2.05, 4.69) is 21.4 Å². The van der Waals surface area contributed by atoms with Crippen LogP contribution in [0.2, 0.25) is 0 Å². The van der Waals surface area contributed by atoms with E-state index in [4.69, 9.17) is 5.84 Å². The van der Waals surface area contributed by atoms with Crippen molar-refractivity contribution >= 4 is 15.9 Å². The number of halogens is 3. The molecular weight excluding hydrogens is 314 g/mol. The molecule has 1 saturated carbocycles. The van der Waals surface area contributed by atoms with Crippen LogP contribution < -0.4 is 11.3 Å². The highest BCUT2D eigenvalue weighted by Crippen LogP contribution is 2.38. The van der Waals surface area contributed by atoms with Crippen LogP contribution in [0.1, 0.15) is 31.2 Å². The van der Waals surface area contributed by atoms with Crippen LogP contribution in [-0.2, 0) is 6.42 Å². The summed E-state index contributed by atoms with van der Waals surface area (Å²) in [5.74, 6) is 3.35. The predicted molar refractivity (Wildman–Crippen MR) is 75.9 cm³/mol. The van der Waals surface area contributed by atoms with Crippen molar-refractivity contribution in [2.24, 2.45) is 11.8 Å². The van der Waals surface area contributed by atoms with E-state index in [0.717, 1.165) is 16.5 Å². The van der Waals surface area contributed by atoms with Crippen molar-refractivity contribution in [2.75, 3.05) is 0 Å². The monoisotopic (exact) mass is 332 g/mol. The van der Waals surface area contributed by atoms with Crippen LogP contribution in [0.25, 0.3) is 0 Å². The molecule has 0 aliphatic heterocycles. The van der Waals surface area contributed by atoms with Crippen LogP contribution in [0.4, 0.5) is 8.78 Å². The first-order valence-electron chi connectivity index (χ1n) is 6.59. The second kappa shape index (κ2) is 6.29. The standard InChI is InChI=1S/C14H19BrF2N2/c15-12-4-2-1-3-11(12)9-13(19-18)10-5-7-14(16,17)8-6-10/h1-4,10,13,19H,5-9,18H2. The fraction of sp³-hybridized carbons (Fsp3) is 0.571. The van der Waals surface area contributed by atoms with E-state index in [1.807, 2.05) is 24.3 Å². The van der Waals surface area contributed by atoms with Gasteiger partial charge in [0.25, 0.3) is 0 Å². The van der Waals surface area contributed by atoms with Gasteiger partial charge in [-0.1, -0.05) is 34.1 Å². The average Bonchev–Trinajstić information content (AvgIpc) is 2.38. The number of nitrogens with two attached hydrogens (primary N) is 1. The summed E-state index contributed by atoms with van der Waals surface area (Å²) in [5.41, 5.74) is 3.96. The fourth-order valence-corrected chi connectivity index (χ4v) is 3.17. The van der Waals surface area contributed by atoms with Gasteiger partial charge in [-0.3, -0.25) is 11.3 Å². The van der Waals surface area contributed by atoms with Gasteiger partial charge in [0.2, 0.25) is 5.92 Å². The molecule has 3 N–H and O–H groups in total. The Morgan fingerprint density at radius 2 is 1.95 bits per heavy atom. The van der Waals surface area contributed by atoms with E-state index in [1.165, 1.54) is 0 Å². The van der Waals surface area contributed by atoms with Gasteiger partial charge in [-0.2, -0.15) is 0 Å². The highest BCUT2D eigenvalue weighted by molar-refractivity contribution is 9.10. The first-order chi connectivity index (χ1) is 9.02. The number of hydrogen-bond donors (Lipinski definition) is 2. The second-order valence-corrected chi connectivity index (χ2v) is 6.12. The zero-order valence-corrected chi connectivity index (χ0v) is 12.3. The maximum Gasteiger partial charge on any atom is 0.248 e. The van der Waals surface area contributed by atoms with Crippen LogP contribution in [0.15, 0.2) is 28.7 Å². The number of hydrazine groups is 1. The van der Waals surface area contributed by atoms with Gasteiger partial charge in [-0.15, -0.1) is 0 Å². The first kappa shape index (κ1) is 14.9. The maximum absolute atomic E-state index is 13.2. The van der Waals surface area contributed by atoms with Gasteiger partial charge in [0.15, 0.2) is 0 Å². The largest absolute Gasteiger partial charge is 0.271 e. The molecule has 0 saturated heterocycles. The molecule has 1 aromatic carbocycles. The maximum atomic E-state index is 13.2. The molecule has 106 valence electrons. The van der Waals surface area contributed by atoms with Crippen LogP contribution in [0.5, 0.6) is 0 Å². The van der Waals surface area contributed by atoms with Crippen molar-refractivity contribution in [1.82, 2.24) is 5.43 Å². The summed E-state index contributed by atoms with van der Waals surface area (Å²) in [4.78, 5) is 0. The van der Waals surface area contributed by atoms with Gasteiger partial charge in [-0.05, 0) is 36.8 Å². The Kier molecular flexibility index (Phi) is 4.92. The van der Waals surface area contributed by atoms with Crippen LogP contribution in [-0.4, -0.2) is 12.0 Å². The third-order valence-corrected chi connectivity index (χ3v) is 4.72. The van der Waals surface area contributed by atoms with Gasteiger partial charge in [0, 0.05) is 23.4 Å². The fourth-order valence-electron chi connectivity index (χ4n) is 2.73. The Bertz CT molecular complexity index is 416. The van der Waals surface area contributed by atoms with Crippen LogP contribution >= 0.6 is 15.9 Å². The molecule has 0 radical (unpaired) electrons. The Morgan fingerprint density at radius 1 is 1.32 bits per heavy atom. The smallest absolute Gasteiger partial charge is 0.248 e. The van der Waals surface area contributed by atoms with Crippen molar-refractivity contribution in [2.45, 2.75) is 44.1 Å². The molecule has 0 heterocycles. The van der Waals surface area contributed by atoms with E-state index >= 15 is 0 Å². The SMILES string of the molecule is NNC(Cc1ccccc1Br)C1CCC(F)(F)CC1. The zero-order chi connectivity index (χ0) is 13.9. The quantitative estimate of drug-likeness (QED) is 0.652. The van der Waals surface area contributed by atoms with E-state index in [1.54, 1.807) is 0 Å². The van der Waals surface area contributed by atoms with E-state index < -0.39 is 5.92 Å². The van der Waals surface area contributed by atoms with Crippen molar-refractivity contribution < 1.29 is 8.78 Å². The number of hydrogen-bond acceptors (Lipinski definition) is 2. The molecule has 1 atom stereocenters. The third kappa shape index (κ3) is 3.97. The molecular formula is C14H19BrF2N2. The van der Waals surface area contributed by atoms with Crippen molar-refractivity contribution in [3.05, 3.63) is 34.3 Å². The van der Waals surface area contributed by atoms with Gasteiger partial charge in [-0.25, -0.2) is 8.78 Å². The molecule has 0 aromatic heterocycles. The summed E-state index contributed by atoms with van der Waals surface area (Å²) in [7, 11) is 0. The van der Waals surface area contributed by atoms with Gasteiger partial charge in [0.05, 0.1) is 0 Å². The van der Waals surface area contributed by atoms with Crippen LogP contribution in [0, 0.1) is 5.92 Å². The minimum Gasteiger partial charge on any atom is -0.271 e. The number of alkyl halides is 2. The molecule has 19 heavy (non-hydrogen) atoms. The molecule has 1 fully saturated rings. The lowest BCUT2D eigenvalue weighted by Crippen LogP contribution is -2.44. The topological polar surface area (TPSA) is 38.0 Å². The summed E-state index contributed by atoms with van der Waals surface area (Å²) in [6.45, 7) is 0. The molecule has 1 aliphatic carbocycles. The average molecular weight is 333 g/mol. The first-order valence-corrected chi connectivity index (χ1v) is 7.38. The summed E-state index contributed by atoms with van der Waals surface area (Å²) >= 11 is 3.51.